The minimum absolute atomic E-state index is 0.108. The Bertz CT molecular complexity index is 1020. The predicted molar refractivity (Wildman–Crippen MR) is 111 cm³/mol. The average molecular weight is 523 g/mol. The van der Waals surface area contributed by atoms with E-state index in [0.717, 1.165) is 0 Å². The van der Waals surface area contributed by atoms with Crippen molar-refractivity contribution in [3.63, 3.8) is 0 Å². The van der Waals surface area contributed by atoms with Crippen LogP contribution < -0.4 is 20.9 Å². The van der Waals surface area contributed by atoms with Gasteiger partial charge in [-0.05, 0) is 0 Å². The Labute approximate surface area is 182 Å². The highest BCUT2D eigenvalue weighted by atomic mass is 32.3. The van der Waals surface area contributed by atoms with Gasteiger partial charge in [-0.2, -0.15) is 0 Å². The summed E-state index contributed by atoms with van der Waals surface area (Å²) in [6.45, 7) is 2.55. The second-order valence-electron chi connectivity index (χ2n) is 4.94. The summed E-state index contributed by atoms with van der Waals surface area (Å²) in [5, 5.41) is 27.7. The molecule has 0 radical (unpaired) electrons. The Morgan fingerprint density at radius 3 is 1.23 bits per heavy atom. The third-order valence-electron chi connectivity index (χ3n) is 1.87. The molecule has 0 aromatic carbocycles. The molecule has 0 aliphatic heterocycles. The van der Waals surface area contributed by atoms with E-state index in [1.165, 1.54) is 13.8 Å². The van der Waals surface area contributed by atoms with Crippen molar-refractivity contribution in [2.75, 3.05) is 23.1 Å². The van der Waals surface area contributed by atoms with Gasteiger partial charge in [-0.1, -0.05) is 22.7 Å². The molecule has 0 atom stereocenters. The normalized spacial score (nSPS) is 10.9. The minimum Gasteiger partial charge on any atom is -0.301 e. The van der Waals surface area contributed by atoms with Gasteiger partial charge in [0.2, 0.25) is 30.8 Å². The molecule has 170 valence electrons. The zero-order valence-corrected chi connectivity index (χ0v) is 19.9. The molecule has 0 fully saturated rings. The van der Waals surface area contributed by atoms with Crippen molar-refractivity contribution in [3.8, 4) is 0 Å². The van der Waals surface area contributed by atoms with Crippen LogP contribution >= 0.6 is 22.7 Å². The van der Waals surface area contributed by atoms with E-state index in [2.05, 4.69) is 31.0 Å². The maximum Gasteiger partial charge on any atom is 0.267 e. The summed E-state index contributed by atoms with van der Waals surface area (Å²) in [5.41, 5.74) is 0. The monoisotopic (exact) mass is 522 g/mol. The summed E-state index contributed by atoms with van der Waals surface area (Å²) in [6.07, 6.45) is 3.28. The lowest BCUT2D eigenvalue weighted by atomic mass is 10.7. The highest BCUT2D eigenvalue weighted by molar-refractivity contribution is 7.91. The Hall–Kier alpha value is -1.97. The number of primary sulfonamides is 2. The van der Waals surface area contributed by atoms with Crippen molar-refractivity contribution in [1.82, 2.24) is 20.4 Å². The van der Waals surface area contributed by atoms with E-state index >= 15 is 0 Å². The summed E-state index contributed by atoms with van der Waals surface area (Å²) < 4.78 is 51.7. The lowest BCUT2D eigenvalue weighted by molar-refractivity contribution is -0.115. The van der Waals surface area contributed by atoms with Crippen molar-refractivity contribution in [3.05, 3.63) is 0 Å². The molecule has 2 heterocycles. The zero-order valence-electron chi connectivity index (χ0n) is 15.8. The molecule has 2 aromatic heterocycles. The van der Waals surface area contributed by atoms with Crippen molar-refractivity contribution in [2.24, 2.45) is 10.3 Å². The van der Waals surface area contributed by atoms with Gasteiger partial charge in [0.15, 0.2) is 0 Å². The molecular formula is C10H18N8O7S5. The van der Waals surface area contributed by atoms with Crippen LogP contribution in [0.3, 0.4) is 0 Å². The van der Waals surface area contributed by atoms with Crippen LogP contribution in [-0.2, 0) is 40.4 Å². The number of carbonyl (C=O) groups is 2. The summed E-state index contributed by atoms with van der Waals surface area (Å²) in [7, 11) is -8.26. The van der Waals surface area contributed by atoms with Gasteiger partial charge in [0, 0.05) is 37.2 Å². The third-order valence-corrected chi connectivity index (χ3v) is 6.16. The zero-order chi connectivity index (χ0) is 23.7. The van der Waals surface area contributed by atoms with Gasteiger partial charge in [0.25, 0.3) is 20.0 Å². The van der Waals surface area contributed by atoms with E-state index in [0.29, 0.717) is 22.7 Å². The molecule has 0 spiro atoms. The molecule has 0 aliphatic rings. The summed E-state index contributed by atoms with van der Waals surface area (Å²) in [5.74, 6) is -0.700. The van der Waals surface area contributed by atoms with Gasteiger partial charge in [-0.25, -0.2) is 27.1 Å². The SMILES string of the molecule is CC(=O)Nc1nnc(S(N)(=O)=O)s1.CC(=O)Nc1nnc(S(N)(=O)=O)s1.CS(C)=O. The van der Waals surface area contributed by atoms with E-state index in [-0.39, 0.29) is 30.8 Å². The fraction of sp³-hybridized carbons (Fsp3) is 0.400. The Balaban J connectivity index is 0.000000477. The molecular weight excluding hydrogens is 504 g/mol. The third kappa shape index (κ3) is 12.6. The van der Waals surface area contributed by atoms with E-state index in [1.54, 1.807) is 12.5 Å². The number of hydrogen-bond acceptors (Lipinski definition) is 13. The van der Waals surface area contributed by atoms with Gasteiger partial charge in [-0.15, -0.1) is 20.4 Å². The number of hydrogen-bond donors (Lipinski definition) is 4. The topological polar surface area (TPSA) is 247 Å². The highest BCUT2D eigenvalue weighted by Crippen LogP contribution is 2.18. The summed E-state index contributed by atoms with van der Waals surface area (Å²) >= 11 is 1.40. The lowest BCUT2D eigenvalue weighted by Gasteiger charge is -1.90. The molecule has 20 heteroatoms. The maximum absolute atomic E-state index is 10.7. The fourth-order valence-electron chi connectivity index (χ4n) is 1.05. The van der Waals surface area contributed by atoms with Crippen molar-refractivity contribution >= 4 is 75.6 Å². The number of nitrogens with one attached hydrogen (secondary N) is 2. The Morgan fingerprint density at radius 2 is 1.07 bits per heavy atom. The Morgan fingerprint density at radius 1 is 0.800 bits per heavy atom. The van der Waals surface area contributed by atoms with Crippen LogP contribution in [0, 0.1) is 0 Å². The fourth-order valence-corrected chi connectivity index (χ4v) is 3.81. The second kappa shape index (κ2) is 12.0. The number of nitrogens with two attached hydrogens (primary N) is 2. The minimum atomic E-state index is -3.82. The average Bonchev–Trinajstić information content (AvgIpc) is 3.14. The molecule has 2 aromatic rings. The molecule has 0 aliphatic carbocycles. The number of nitrogens with zero attached hydrogens (tertiary/aromatic N) is 4. The van der Waals surface area contributed by atoms with Gasteiger partial charge >= 0.3 is 0 Å². The van der Waals surface area contributed by atoms with Gasteiger partial charge in [0.05, 0.1) is 0 Å². The van der Waals surface area contributed by atoms with E-state index in [9.17, 15) is 30.6 Å². The van der Waals surface area contributed by atoms with Crippen molar-refractivity contribution < 1.29 is 30.6 Å². The first-order valence-corrected chi connectivity index (χ1v) is 13.7. The first-order chi connectivity index (χ1) is 13.5. The molecule has 0 saturated carbocycles. The Kier molecular flexibility index (Phi) is 11.2. The lowest BCUT2D eigenvalue weighted by Crippen LogP contribution is -2.11. The first-order valence-electron chi connectivity index (χ1n) is 7.05. The van der Waals surface area contributed by atoms with Gasteiger partial charge < -0.3 is 10.6 Å². The van der Waals surface area contributed by atoms with Gasteiger partial charge in [-0.3, -0.25) is 13.8 Å². The van der Waals surface area contributed by atoms with Gasteiger partial charge in [0.1, 0.15) is 0 Å². The number of carbonyl (C=O) groups excluding carboxylic acids is 2. The van der Waals surface area contributed by atoms with Crippen LogP contribution in [0.25, 0.3) is 0 Å². The molecule has 6 N–H and O–H groups in total. The number of aromatic nitrogens is 4. The molecule has 0 unspecified atom stereocenters. The highest BCUT2D eigenvalue weighted by Gasteiger charge is 2.16. The molecule has 2 amide bonds. The predicted octanol–water partition coefficient (Wildman–Crippen LogP) is -1.72. The number of sulfonamides is 2. The summed E-state index contributed by atoms with van der Waals surface area (Å²) in [6, 6.07) is 0. The molecule has 30 heavy (non-hydrogen) atoms. The van der Waals surface area contributed by atoms with E-state index in [4.69, 9.17) is 10.3 Å². The van der Waals surface area contributed by atoms with Crippen molar-refractivity contribution in [1.29, 1.82) is 0 Å². The smallest absolute Gasteiger partial charge is 0.267 e. The largest absolute Gasteiger partial charge is 0.301 e. The quantitative estimate of drug-likeness (QED) is 0.329. The number of rotatable bonds is 4. The molecule has 0 bridgehead atoms. The number of amides is 2. The molecule has 2 rings (SSSR count). The second-order valence-corrected chi connectivity index (χ2v) is 11.8. The van der Waals surface area contributed by atoms with Crippen LogP contribution in [0.4, 0.5) is 10.3 Å². The van der Waals surface area contributed by atoms with Crippen LogP contribution in [0.5, 0.6) is 0 Å². The van der Waals surface area contributed by atoms with E-state index in [1.807, 2.05) is 0 Å². The van der Waals surface area contributed by atoms with Crippen LogP contribution in [0.2, 0.25) is 0 Å². The standard InChI is InChI=1S/2C4H6N4O3S2.C2H6OS/c2*1-2(9)6-3-7-8-4(12-3)13(5,10)11;1-4(2)3/h2*1H3,(H2,5,10,11)(H,6,7,9);1-2H3. The van der Waals surface area contributed by atoms with E-state index < -0.39 is 30.8 Å². The molecule has 15 nitrogen and oxygen atoms in total. The van der Waals surface area contributed by atoms with Crippen molar-refractivity contribution in [2.45, 2.75) is 22.5 Å². The molecule has 0 saturated heterocycles. The van der Waals surface area contributed by atoms with Crippen LogP contribution in [0.1, 0.15) is 13.8 Å². The first kappa shape index (κ1) is 28.0. The maximum atomic E-state index is 10.7. The summed E-state index contributed by atoms with van der Waals surface area (Å²) in [4.78, 5) is 21.0. The van der Waals surface area contributed by atoms with Crippen LogP contribution in [0.15, 0.2) is 8.68 Å². The number of anilines is 2. The van der Waals surface area contributed by atoms with Crippen LogP contribution in [-0.4, -0.2) is 65.8 Å².